The van der Waals surface area contributed by atoms with E-state index in [4.69, 9.17) is 21.1 Å². The van der Waals surface area contributed by atoms with Crippen LogP contribution in [0.5, 0.6) is 11.5 Å². The lowest BCUT2D eigenvalue weighted by atomic mass is 9.54. The minimum absolute atomic E-state index is 0.0624. The number of hydrazone groups is 1. The fourth-order valence-corrected chi connectivity index (χ4v) is 6.23. The molecule has 3 N–H and O–H groups in total. The second kappa shape index (κ2) is 10.2. The maximum atomic E-state index is 12.6. The summed E-state index contributed by atoms with van der Waals surface area (Å²) in [5.41, 5.74) is 2.83. The van der Waals surface area contributed by atoms with Gasteiger partial charge in [0.05, 0.1) is 31.4 Å². The van der Waals surface area contributed by atoms with Gasteiger partial charge in [-0.05, 0) is 62.7 Å². The summed E-state index contributed by atoms with van der Waals surface area (Å²) in [7, 11) is 2.85. The minimum atomic E-state index is -0.975. The van der Waals surface area contributed by atoms with Gasteiger partial charge in [0.15, 0.2) is 0 Å². The molecule has 1 aromatic rings. The van der Waals surface area contributed by atoms with Crippen molar-refractivity contribution in [1.29, 1.82) is 0 Å². The first kappa shape index (κ1) is 24.3. The number of nitrogens with one attached hydrogen (secondary N) is 3. The summed E-state index contributed by atoms with van der Waals surface area (Å²) in [5, 5.41) is 9.88. The van der Waals surface area contributed by atoms with Gasteiger partial charge in [0.25, 0.3) is 0 Å². The summed E-state index contributed by atoms with van der Waals surface area (Å²) in [4.78, 5) is 37.1. The zero-order chi connectivity index (χ0) is 24.4. The number of methoxy groups -OCH3 is 2. The van der Waals surface area contributed by atoms with Crippen LogP contribution in [-0.2, 0) is 14.4 Å². The lowest BCUT2D eigenvalue weighted by molar-refractivity contribution is -0.136. The number of nitrogens with zero attached hydrogens (tertiary/aromatic N) is 1. The van der Waals surface area contributed by atoms with Crippen LogP contribution < -0.4 is 25.5 Å². The predicted molar refractivity (Wildman–Crippen MR) is 128 cm³/mol. The Kier molecular flexibility index (Phi) is 7.30. The van der Waals surface area contributed by atoms with Crippen LogP contribution >= 0.6 is 11.6 Å². The van der Waals surface area contributed by atoms with Crippen LogP contribution in [0.4, 0.5) is 5.69 Å². The Labute approximate surface area is 204 Å². The van der Waals surface area contributed by atoms with Crippen molar-refractivity contribution in [2.24, 2.45) is 28.8 Å². The van der Waals surface area contributed by atoms with E-state index in [0.717, 1.165) is 11.8 Å². The molecule has 9 nitrogen and oxygen atoms in total. The van der Waals surface area contributed by atoms with Crippen molar-refractivity contribution >= 4 is 40.7 Å². The average molecular weight is 491 g/mol. The molecule has 4 aliphatic carbocycles. The molecule has 10 heteroatoms. The largest absolute Gasteiger partial charge is 0.495 e. The number of carbonyl (C=O) groups excluding carboxylic acids is 3. The molecule has 0 saturated heterocycles. The van der Waals surface area contributed by atoms with E-state index in [-0.39, 0.29) is 29.8 Å². The number of anilines is 1. The Morgan fingerprint density at radius 2 is 1.59 bits per heavy atom. The highest BCUT2D eigenvalue weighted by atomic mass is 35.5. The SMILES string of the molecule is COc1cc(NC(=O)C(=O)NN=C(C)CC(=O)NC2C3CC4CC(C3)CC2C4)c(OC)cc1Cl. The molecular formula is C24H31ClN4O5. The molecule has 4 bridgehead atoms. The second-order valence-electron chi connectivity index (χ2n) is 9.63. The number of hydrogen-bond donors (Lipinski definition) is 3. The van der Waals surface area contributed by atoms with Gasteiger partial charge in [0.1, 0.15) is 11.5 Å². The molecule has 4 fully saturated rings. The van der Waals surface area contributed by atoms with Crippen molar-refractivity contribution in [2.45, 2.75) is 51.5 Å². The van der Waals surface area contributed by atoms with Crippen LogP contribution in [0, 0.1) is 23.7 Å². The van der Waals surface area contributed by atoms with Gasteiger partial charge in [-0.25, -0.2) is 5.43 Å². The van der Waals surface area contributed by atoms with Gasteiger partial charge in [-0.15, -0.1) is 0 Å². The van der Waals surface area contributed by atoms with Crippen LogP contribution in [0.2, 0.25) is 5.02 Å². The maximum absolute atomic E-state index is 12.6. The highest BCUT2D eigenvalue weighted by Gasteiger charge is 2.48. The molecule has 0 aromatic heterocycles. The second-order valence-corrected chi connectivity index (χ2v) is 10.0. The van der Waals surface area contributed by atoms with Crippen LogP contribution in [0.25, 0.3) is 0 Å². The molecule has 4 aliphatic rings. The van der Waals surface area contributed by atoms with Crippen LogP contribution in [-0.4, -0.2) is 43.7 Å². The highest BCUT2D eigenvalue weighted by molar-refractivity contribution is 6.40. The highest BCUT2D eigenvalue weighted by Crippen LogP contribution is 2.53. The van der Waals surface area contributed by atoms with Crippen molar-refractivity contribution in [3.05, 3.63) is 17.2 Å². The third-order valence-electron chi connectivity index (χ3n) is 7.25. The molecule has 0 spiro atoms. The number of carbonyl (C=O) groups is 3. The van der Waals surface area contributed by atoms with E-state index < -0.39 is 11.8 Å². The third kappa shape index (κ3) is 5.29. The zero-order valence-corrected chi connectivity index (χ0v) is 20.4. The van der Waals surface area contributed by atoms with Gasteiger partial charge < -0.3 is 20.1 Å². The molecule has 184 valence electrons. The number of halogens is 1. The zero-order valence-electron chi connectivity index (χ0n) is 19.7. The van der Waals surface area contributed by atoms with Crippen molar-refractivity contribution in [1.82, 2.24) is 10.7 Å². The molecule has 3 amide bonds. The molecule has 34 heavy (non-hydrogen) atoms. The summed E-state index contributed by atoms with van der Waals surface area (Å²) >= 11 is 6.06. The van der Waals surface area contributed by atoms with Gasteiger partial charge in [0.2, 0.25) is 5.91 Å². The van der Waals surface area contributed by atoms with Crippen LogP contribution in [0.1, 0.15) is 45.4 Å². The summed E-state index contributed by atoms with van der Waals surface area (Å²) in [6, 6.07) is 3.17. The number of ether oxygens (including phenoxy) is 2. The Morgan fingerprint density at radius 3 is 2.18 bits per heavy atom. The maximum Gasteiger partial charge on any atom is 0.329 e. The molecule has 0 atom stereocenters. The van der Waals surface area contributed by atoms with Crippen molar-refractivity contribution < 1.29 is 23.9 Å². The van der Waals surface area contributed by atoms with Crippen LogP contribution in [0.15, 0.2) is 17.2 Å². The molecule has 0 heterocycles. The normalized spacial score (nSPS) is 27.2. The number of rotatable bonds is 7. The first-order valence-electron chi connectivity index (χ1n) is 11.6. The standard InChI is InChI=1S/C24H31ClN4O5/c1-12(4-21(30)27-22-15-6-13-5-14(8-15)9-16(22)7-13)28-29-24(32)23(31)26-18-11-19(33-2)17(25)10-20(18)34-3/h10-11,13-16,22H,4-9H2,1-3H3,(H,26,31)(H,27,30)(H,29,32). The van der Waals surface area contributed by atoms with E-state index in [1.807, 2.05) is 0 Å². The van der Waals surface area contributed by atoms with Gasteiger partial charge in [-0.2, -0.15) is 5.10 Å². The van der Waals surface area contributed by atoms with E-state index in [0.29, 0.717) is 28.3 Å². The monoisotopic (exact) mass is 490 g/mol. The third-order valence-corrected chi connectivity index (χ3v) is 7.54. The predicted octanol–water partition coefficient (Wildman–Crippen LogP) is 3.12. The summed E-state index contributed by atoms with van der Waals surface area (Å²) < 4.78 is 10.3. The molecule has 0 radical (unpaired) electrons. The lowest BCUT2D eigenvalue weighted by Gasteiger charge is -2.54. The van der Waals surface area contributed by atoms with Crippen molar-refractivity contribution in [2.75, 3.05) is 19.5 Å². The summed E-state index contributed by atoms with van der Waals surface area (Å²) in [6.07, 6.45) is 6.32. The van der Waals surface area contributed by atoms with Crippen molar-refractivity contribution in [3.63, 3.8) is 0 Å². The number of hydrogen-bond acceptors (Lipinski definition) is 6. The Bertz CT molecular complexity index is 983. The fraction of sp³-hybridized carbons (Fsp3) is 0.583. The molecule has 5 rings (SSSR count). The average Bonchev–Trinajstić information content (AvgIpc) is 2.80. The molecule has 0 aliphatic heterocycles. The van der Waals surface area contributed by atoms with E-state index in [2.05, 4.69) is 21.2 Å². The van der Waals surface area contributed by atoms with Gasteiger partial charge in [-0.1, -0.05) is 11.6 Å². The number of benzene rings is 1. The topological polar surface area (TPSA) is 118 Å². The fourth-order valence-electron chi connectivity index (χ4n) is 6.00. The summed E-state index contributed by atoms with van der Waals surface area (Å²) in [5.74, 6) is 1.42. The molecule has 4 saturated carbocycles. The van der Waals surface area contributed by atoms with Gasteiger partial charge in [0, 0.05) is 23.9 Å². The Morgan fingerprint density at radius 1 is 0.971 bits per heavy atom. The first-order valence-corrected chi connectivity index (χ1v) is 12.0. The molecular weight excluding hydrogens is 460 g/mol. The molecule has 1 aromatic carbocycles. The van der Waals surface area contributed by atoms with E-state index in [9.17, 15) is 14.4 Å². The number of amides is 3. The summed E-state index contributed by atoms with van der Waals surface area (Å²) in [6.45, 7) is 1.64. The Hall–Kier alpha value is -2.81. The quantitative estimate of drug-likeness (QED) is 0.308. The van der Waals surface area contributed by atoms with Crippen LogP contribution in [0.3, 0.4) is 0 Å². The lowest BCUT2D eigenvalue weighted by Crippen LogP contribution is -2.56. The van der Waals surface area contributed by atoms with Gasteiger partial charge in [-0.3, -0.25) is 14.4 Å². The van der Waals surface area contributed by atoms with Crippen molar-refractivity contribution in [3.8, 4) is 11.5 Å². The van der Waals surface area contributed by atoms with E-state index in [1.165, 1.54) is 58.5 Å². The smallest absolute Gasteiger partial charge is 0.329 e. The van der Waals surface area contributed by atoms with Gasteiger partial charge >= 0.3 is 11.8 Å². The Balaban J connectivity index is 1.28. The minimum Gasteiger partial charge on any atom is -0.495 e. The molecule has 0 unspecified atom stereocenters. The van der Waals surface area contributed by atoms with E-state index >= 15 is 0 Å². The first-order chi connectivity index (χ1) is 16.3. The van der Waals surface area contributed by atoms with E-state index in [1.54, 1.807) is 6.92 Å².